The second kappa shape index (κ2) is 12.8. The first-order chi connectivity index (χ1) is 16.6. The lowest BCUT2D eigenvalue weighted by Gasteiger charge is -2.18. The van der Waals surface area contributed by atoms with Gasteiger partial charge in [-0.1, -0.05) is 76.6 Å². The summed E-state index contributed by atoms with van der Waals surface area (Å²) >= 11 is 0. The molecule has 0 unspecified atom stereocenters. The van der Waals surface area contributed by atoms with Crippen LogP contribution in [-0.4, -0.2) is 22.2 Å². The fourth-order valence-corrected chi connectivity index (χ4v) is 4.10. The number of unbranched alkanes of at least 4 members (excludes halogenated alkanes) is 6. The van der Waals surface area contributed by atoms with E-state index in [2.05, 4.69) is 19.2 Å². The number of carbonyl (C=O) groups excluding carboxylic acids is 1. The highest BCUT2D eigenvalue weighted by Gasteiger charge is 2.21. The summed E-state index contributed by atoms with van der Waals surface area (Å²) in [4.78, 5) is 26.2. The van der Waals surface area contributed by atoms with Crippen LogP contribution in [0, 0.1) is 0 Å². The largest absolute Gasteiger partial charge is 0.504 e. The molecule has 2 aromatic carbocycles. The van der Waals surface area contributed by atoms with Crippen LogP contribution in [0.2, 0.25) is 0 Å². The van der Waals surface area contributed by atoms with Crippen LogP contribution in [0.3, 0.4) is 0 Å². The van der Waals surface area contributed by atoms with E-state index in [1.54, 1.807) is 47.0 Å². The Bertz CT molecular complexity index is 1140. The second-order valence-corrected chi connectivity index (χ2v) is 8.62. The molecule has 6 heteroatoms. The SMILES string of the molecule is CCCCCCOc1c(O)c2c(NC(=O)c3ccccc3)cccc2n(CCCCCC)c1=O. The third-order valence-corrected chi connectivity index (χ3v) is 5.99. The van der Waals surface area contributed by atoms with E-state index in [4.69, 9.17) is 4.74 Å². The zero-order valence-corrected chi connectivity index (χ0v) is 20.3. The van der Waals surface area contributed by atoms with E-state index >= 15 is 0 Å². The molecule has 0 radical (unpaired) electrons. The van der Waals surface area contributed by atoms with E-state index in [1.807, 2.05) is 6.07 Å². The number of aromatic nitrogens is 1. The van der Waals surface area contributed by atoms with Crippen molar-refractivity contribution in [2.75, 3.05) is 11.9 Å². The Kier molecular flexibility index (Phi) is 9.56. The molecular formula is C28H36N2O4. The normalized spacial score (nSPS) is 11.0. The Morgan fingerprint density at radius 3 is 2.32 bits per heavy atom. The third kappa shape index (κ3) is 6.19. The predicted molar refractivity (Wildman–Crippen MR) is 138 cm³/mol. The van der Waals surface area contributed by atoms with Crippen LogP contribution in [0.1, 0.15) is 75.6 Å². The maximum atomic E-state index is 13.3. The quantitative estimate of drug-likeness (QED) is 0.283. The van der Waals surface area contributed by atoms with Gasteiger partial charge in [-0.05, 0) is 37.1 Å². The highest BCUT2D eigenvalue weighted by molar-refractivity contribution is 6.10. The lowest BCUT2D eigenvalue weighted by molar-refractivity contribution is 0.102. The Morgan fingerprint density at radius 1 is 0.912 bits per heavy atom. The summed E-state index contributed by atoms with van der Waals surface area (Å²) in [5.41, 5.74) is 1.22. The van der Waals surface area contributed by atoms with Crippen LogP contribution >= 0.6 is 0 Å². The fourth-order valence-electron chi connectivity index (χ4n) is 4.10. The average Bonchev–Trinajstić information content (AvgIpc) is 2.85. The van der Waals surface area contributed by atoms with Gasteiger partial charge in [0, 0.05) is 12.1 Å². The molecule has 0 saturated carbocycles. The number of pyridine rings is 1. The molecule has 3 aromatic rings. The van der Waals surface area contributed by atoms with E-state index in [0.717, 1.165) is 51.4 Å². The predicted octanol–water partition coefficient (Wildman–Crippen LogP) is 6.50. The minimum absolute atomic E-state index is 0.0408. The minimum atomic E-state index is -0.330. The Labute approximate surface area is 201 Å². The molecule has 182 valence electrons. The molecule has 0 aliphatic rings. The minimum Gasteiger partial charge on any atom is -0.504 e. The number of benzene rings is 2. The lowest BCUT2D eigenvalue weighted by atomic mass is 10.1. The monoisotopic (exact) mass is 464 g/mol. The van der Waals surface area contributed by atoms with E-state index in [9.17, 15) is 14.7 Å². The van der Waals surface area contributed by atoms with E-state index < -0.39 is 0 Å². The molecule has 34 heavy (non-hydrogen) atoms. The Balaban J connectivity index is 2.01. The van der Waals surface area contributed by atoms with Crippen LogP contribution in [0.4, 0.5) is 5.69 Å². The first-order valence-electron chi connectivity index (χ1n) is 12.5. The summed E-state index contributed by atoms with van der Waals surface area (Å²) in [5.74, 6) is -0.541. The van der Waals surface area contributed by atoms with Crippen molar-refractivity contribution >= 4 is 22.5 Å². The molecule has 2 N–H and O–H groups in total. The third-order valence-electron chi connectivity index (χ3n) is 5.99. The van der Waals surface area contributed by atoms with E-state index in [0.29, 0.717) is 35.3 Å². The number of hydrogen-bond donors (Lipinski definition) is 2. The Hall–Kier alpha value is -3.28. The molecule has 0 spiro atoms. The van der Waals surface area contributed by atoms with Crippen molar-refractivity contribution in [1.29, 1.82) is 0 Å². The number of anilines is 1. The Morgan fingerprint density at radius 2 is 1.62 bits per heavy atom. The summed E-state index contributed by atoms with van der Waals surface area (Å²) in [7, 11) is 0. The molecule has 0 saturated heterocycles. The van der Waals surface area contributed by atoms with Crippen LogP contribution in [0.25, 0.3) is 10.9 Å². The number of fused-ring (bicyclic) bond motifs is 1. The number of ether oxygens (including phenoxy) is 1. The molecule has 1 heterocycles. The van der Waals surface area contributed by atoms with Gasteiger partial charge >= 0.3 is 0 Å². The van der Waals surface area contributed by atoms with E-state index in [-0.39, 0.29) is 23.0 Å². The molecule has 0 bridgehead atoms. The summed E-state index contributed by atoms with van der Waals surface area (Å²) in [6.07, 6.45) is 8.10. The van der Waals surface area contributed by atoms with Gasteiger partial charge in [0.2, 0.25) is 5.75 Å². The van der Waals surface area contributed by atoms with Crippen LogP contribution in [-0.2, 0) is 6.54 Å². The van der Waals surface area contributed by atoms with Gasteiger partial charge in [-0.2, -0.15) is 0 Å². The molecule has 3 rings (SSSR count). The maximum absolute atomic E-state index is 13.3. The van der Waals surface area contributed by atoms with E-state index in [1.165, 1.54) is 0 Å². The molecular weight excluding hydrogens is 428 g/mol. The van der Waals surface area contributed by atoms with Crippen molar-refractivity contribution in [3.63, 3.8) is 0 Å². The van der Waals surface area contributed by atoms with Gasteiger partial charge < -0.3 is 19.7 Å². The van der Waals surface area contributed by atoms with Crippen LogP contribution in [0.15, 0.2) is 53.3 Å². The van der Waals surface area contributed by atoms with Crippen molar-refractivity contribution in [3.8, 4) is 11.5 Å². The molecule has 0 atom stereocenters. The van der Waals surface area contributed by atoms with Gasteiger partial charge in [0.15, 0.2) is 5.75 Å². The number of nitrogens with one attached hydrogen (secondary N) is 1. The summed E-state index contributed by atoms with van der Waals surface area (Å²) in [6.45, 7) is 5.17. The molecule has 6 nitrogen and oxygen atoms in total. The highest BCUT2D eigenvalue weighted by atomic mass is 16.5. The number of nitrogens with zero attached hydrogens (tertiary/aromatic N) is 1. The zero-order valence-electron chi connectivity index (χ0n) is 20.3. The standard InChI is InChI=1S/C28H36N2O4/c1-3-5-7-12-19-30-23-18-14-17-22(29-27(32)21-15-10-9-11-16-21)24(23)25(31)26(28(30)33)34-20-13-8-6-4-2/h9-11,14-18,31H,3-8,12-13,19-20H2,1-2H3,(H,29,32). The maximum Gasteiger partial charge on any atom is 0.297 e. The fraction of sp³-hybridized carbons (Fsp3) is 0.429. The van der Waals surface area contributed by atoms with Crippen molar-refractivity contribution in [2.24, 2.45) is 0 Å². The first kappa shape index (κ1) is 25.3. The average molecular weight is 465 g/mol. The van der Waals surface area contributed by atoms with Crippen molar-refractivity contribution in [3.05, 3.63) is 64.4 Å². The topological polar surface area (TPSA) is 80.6 Å². The van der Waals surface area contributed by atoms with Crippen molar-refractivity contribution in [2.45, 2.75) is 71.8 Å². The van der Waals surface area contributed by atoms with Gasteiger partial charge in [0.1, 0.15) is 0 Å². The number of carbonyl (C=O) groups is 1. The number of rotatable bonds is 13. The first-order valence-corrected chi connectivity index (χ1v) is 12.5. The van der Waals surface area contributed by atoms with Gasteiger partial charge in [-0.15, -0.1) is 0 Å². The molecule has 1 aromatic heterocycles. The summed E-state index contributed by atoms with van der Waals surface area (Å²) in [6, 6.07) is 14.2. The lowest BCUT2D eigenvalue weighted by Crippen LogP contribution is -2.24. The molecule has 0 aliphatic heterocycles. The van der Waals surface area contributed by atoms with Gasteiger partial charge in [-0.25, -0.2) is 0 Å². The second-order valence-electron chi connectivity index (χ2n) is 8.62. The van der Waals surface area contributed by atoms with Crippen LogP contribution < -0.4 is 15.6 Å². The zero-order chi connectivity index (χ0) is 24.3. The van der Waals surface area contributed by atoms with Crippen molar-refractivity contribution < 1.29 is 14.6 Å². The highest BCUT2D eigenvalue weighted by Crippen LogP contribution is 2.37. The van der Waals surface area contributed by atoms with Gasteiger partial charge in [-0.3, -0.25) is 9.59 Å². The molecule has 0 fully saturated rings. The summed E-state index contributed by atoms with van der Waals surface area (Å²) < 4.78 is 7.51. The smallest absolute Gasteiger partial charge is 0.297 e. The number of amides is 1. The van der Waals surface area contributed by atoms with Crippen LogP contribution in [0.5, 0.6) is 11.5 Å². The van der Waals surface area contributed by atoms with Gasteiger partial charge in [0.25, 0.3) is 11.5 Å². The number of hydrogen-bond acceptors (Lipinski definition) is 4. The molecule has 1 amide bonds. The van der Waals surface area contributed by atoms with Crippen molar-refractivity contribution in [1.82, 2.24) is 4.57 Å². The van der Waals surface area contributed by atoms with Gasteiger partial charge in [0.05, 0.1) is 23.2 Å². The molecule has 0 aliphatic carbocycles. The number of aromatic hydroxyl groups is 1. The number of aryl methyl sites for hydroxylation is 1. The summed E-state index contributed by atoms with van der Waals surface area (Å²) in [5, 5.41) is 14.5.